The minimum atomic E-state index is -0.939. The fraction of sp³-hybridized carbons (Fsp3) is 0.462. The Hall–Kier alpha value is -1.20. The van der Waals surface area contributed by atoms with Gasteiger partial charge in [0, 0.05) is 27.4 Å². The molecule has 0 heterocycles. The van der Waals surface area contributed by atoms with Crippen molar-refractivity contribution >= 4 is 16.7 Å². The second kappa shape index (κ2) is 6.66. The van der Waals surface area contributed by atoms with Crippen LogP contribution in [-0.4, -0.2) is 21.9 Å². The van der Waals surface area contributed by atoms with Gasteiger partial charge in [0.25, 0.3) is 0 Å². The predicted molar refractivity (Wildman–Crippen MR) is 74.7 cm³/mol. The number of carbonyl (C=O) groups is 1. The van der Waals surface area contributed by atoms with E-state index >= 15 is 0 Å². The topological polar surface area (TPSA) is 86.2 Å². The first kappa shape index (κ1) is 14.9. The molecule has 0 aliphatic heterocycles. The third-order valence-corrected chi connectivity index (χ3v) is 4.68. The van der Waals surface area contributed by atoms with Crippen LogP contribution in [0, 0.1) is 6.92 Å². The summed E-state index contributed by atoms with van der Waals surface area (Å²) in [6.45, 7) is 4.38. The highest BCUT2D eigenvalue weighted by Crippen LogP contribution is 2.15. The first-order valence-electron chi connectivity index (χ1n) is 5.92. The smallest absolute Gasteiger partial charge is 0.248 e. The molecule has 4 N–H and O–H groups in total. The Morgan fingerprint density at radius 2 is 2.11 bits per heavy atom. The lowest BCUT2D eigenvalue weighted by Crippen LogP contribution is -2.18. The van der Waals surface area contributed by atoms with Gasteiger partial charge < -0.3 is 11.5 Å². The second-order valence-electron chi connectivity index (χ2n) is 4.42. The molecule has 100 valence electrons. The van der Waals surface area contributed by atoms with Crippen LogP contribution in [0.5, 0.6) is 0 Å². The molecule has 1 amide bonds. The maximum atomic E-state index is 12.0. The molecule has 0 aromatic heterocycles. The van der Waals surface area contributed by atoms with E-state index in [4.69, 9.17) is 11.5 Å². The first-order chi connectivity index (χ1) is 8.45. The van der Waals surface area contributed by atoms with Crippen molar-refractivity contribution in [2.75, 3.05) is 6.54 Å². The molecule has 0 spiro atoms. The molecule has 2 unspecified atom stereocenters. The maximum Gasteiger partial charge on any atom is 0.248 e. The van der Waals surface area contributed by atoms with Crippen molar-refractivity contribution in [1.82, 2.24) is 0 Å². The fourth-order valence-corrected chi connectivity index (χ4v) is 2.99. The first-order valence-corrected chi connectivity index (χ1v) is 7.30. The molecule has 0 aliphatic carbocycles. The standard InChI is InChI=1S/C13H20N2O2S/c1-9-7-11(13(15)16)3-4-12(9)8-18(17)10(2)5-6-14/h3-4,7,10H,5-6,8,14H2,1-2H3,(H2,15,16). The van der Waals surface area contributed by atoms with Crippen LogP contribution in [-0.2, 0) is 16.6 Å². The number of aryl methyl sites for hydroxylation is 1. The van der Waals surface area contributed by atoms with E-state index in [1.54, 1.807) is 12.1 Å². The molecular formula is C13H20N2O2S. The summed E-state index contributed by atoms with van der Waals surface area (Å²) in [5.74, 6) is 0.0498. The van der Waals surface area contributed by atoms with Crippen LogP contribution in [0.1, 0.15) is 34.8 Å². The van der Waals surface area contributed by atoms with Crippen LogP contribution >= 0.6 is 0 Å². The number of amides is 1. The highest BCUT2D eigenvalue weighted by atomic mass is 32.2. The van der Waals surface area contributed by atoms with Crippen molar-refractivity contribution in [3.8, 4) is 0 Å². The fourth-order valence-electron chi connectivity index (χ4n) is 1.67. The van der Waals surface area contributed by atoms with Gasteiger partial charge in [0.2, 0.25) is 5.91 Å². The van der Waals surface area contributed by atoms with Crippen molar-refractivity contribution in [2.45, 2.75) is 31.3 Å². The van der Waals surface area contributed by atoms with E-state index in [0.717, 1.165) is 17.5 Å². The molecule has 5 heteroatoms. The highest BCUT2D eigenvalue weighted by molar-refractivity contribution is 7.84. The van der Waals surface area contributed by atoms with Gasteiger partial charge in [-0.3, -0.25) is 9.00 Å². The Labute approximate surface area is 110 Å². The summed E-state index contributed by atoms with van der Waals surface area (Å²) in [6.07, 6.45) is 0.755. The lowest BCUT2D eigenvalue weighted by Gasteiger charge is -2.12. The number of primary amides is 1. The molecule has 1 aromatic rings. The van der Waals surface area contributed by atoms with E-state index in [-0.39, 0.29) is 5.25 Å². The number of nitrogens with two attached hydrogens (primary N) is 2. The molecule has 1 aromatic carbocycles. The molecule has 0 radical (unpaired) electrons. The molecule has 1 rings (SSSR count). The molecular weight excluding hydrogens is 248 g/mol. The number of hydrogen-bond acceptors (Lipinski definition) is 3. The Morgan fingerprint density at radius 1 is 1.44 bits per heavy atom. The van der Waals surface area contributed by atoms with E-state index in [2.05, 4.69) is 0 Å². The average Bonchev–Trinajstić information content (AvgIpc) is 2.31. The molecule has 18 heavy (non-hydrogen) atoms. The molecule has 0 fully saturated rings. The van der Waals surface area contributed by atoms with E-state index in [1.165, 1.54) is 0 Å². The maximum absolute atomic E-state index is 12.0. The van der Waals surface area contributed by atoms with Gasteiger partial charge in [0.15, 0.2) is 0 Å². The normalized spacial score (nSPS) is 14.2. The van der Waals surface area contributed by atoms with Gasteiger partial charge in [-0.15, -0.1) is 0 Å². The lowest BCUT2D eigenvalue weighted by atomic mass is 10.1. The lowest BCUT2D eigenvalue weighted by molar-refractivity contribution is 0.1000. The van der Waals surface area contributed by atoms with E-state index < -0.39 is 16.7 Å². The summed E-state index contributed by atoms with van der Waals surface area (Å²) in [7, 11) is -0.939. The summed E-state index contributed by atoms with van der Waals surface area (Å²) < 4.78 is 12.0. The zero-order valence-corrected chi connectivity index (χ0v) is 11.6. The van der Waals surface area contributed by atoms with Gasteiger partial charge in [-0.1, -0.05) is 13.0 Å². The SMILES string of the molecule is Cc1cc(C(N)=O)ccc1CS(=O)C(C)CCN. The third-order valence-electron chi connectivity index (χ3n) is 2.95. The Bertz CT molecular complexity index is 460. The second-order valence-corrected chi connectivity index (χ2v) is 6.27. The number of carbonyl (C=O) groups excluding carboxylic acids is 1. The average molecular weight is 268 g/mol. The molecule has 0 bridgehead atoms. The van der Waals surface area contributed by atoms with Gasteiger partial charge in [-0.05, 0) is 43.1 Å². The van der Waals surface area contributed by atoms with Gasteiger partial charge >= 0.3 is 0 Å². The highest BCUT2D eigenvalue weighted by Gasteiger charge is 2.12. The summed E-state index contributed by atoms with van der Waals surface area (Å²) in [6, 6.07) is 5.24. The van der Waals surface area contributed by atoms with Crippen molar-refractivity contribution in [3.63, 3.8) is 0 Å². The van der Waals surface area contributed by atoms with Gasteiger partial charge in [-0.2, -0.15) is 0 Å². The van der Waals surface area contributed by atoms with E-state index in [0.29, 0.717) is 17.9 Å². The van der Waals surface area contributed by atoms with Gasteiger partial charge in [0.1, 0.15) is 0 Å². The Kier molecular flexibility index (Phi) is 5.50. The van der Waals surface area contributed by atoms with E-state index in [9.17, 15) is 9.00 Å². The van der Waals surface area contributed by atoms with Crippen molar-refractivity contribution in [3.05, 3.63) is 34.9 Å². The summed E-state index contributed by atoms with van der Waals surface area (Å²) in [5.41, 5.74) is 13.1. The molecule has 2 atom stereocenters. The predicted octanol–water partition coefficient (Wildman–Crippen LogP) is 1.08. The van der Waals surface area contributed by atoms with Gasteiger partial charge in [-0.25, -0.2) is 0 Å². The molecule has 0 aliphatic rings. The third kappa shape index (κ3) is 3.92. The van der Waals surface area contributed by atoms with Crippen molar-refractivity contribution in [2.24, 2.45) is 11.5 Å². The Balaban J connectivity index is 2.79. The Morgan fingerprint density at radius 3 is 2.61 bits per heavy atom. The molecule has 4 nitrogen and oxygen atoms in total. The van der Waals surface area contributed by atoms with Crippen LogP contribution in [0.2, 0.25) is 0 Å². The van der Waals surface area contributed by atoms with Crippen LogP contribution in [0.4, 0.5) is 0 Å². The zero-order valence-electron chi connectivity index (χ0n) is 10.8. The molecule has 0 saturated heterocycles. The minimum Gasteiger partial charge on any atom is -0.366 e. The summed E-state index contributed by atoms with van der Waals surface area (Å²) >= 11 is 0. The van der Waals surface area contributed by atoms with Crippen LogP contribution < -0.4 is 11.5 Å². The summed E-state index contributed by atoms with van der Waals surface area (Å²) in [5, 5.41) is 0.0882. The van der Waals surface area contributed by atoms with Gasteiger partial charge in [0.05, 0.1) is 0 Å². The number of benzene rings is 1. The quantitative estimate of drug-likeness (QED) is 0.809. The minimum absolute atomic E-state index is 0.0882. The van der Waals surface area contributed by atoms with Crippen molar-refractivity contribution < 1.29 is 9.00 Å². The van der Waals surface area contributed by atoms with Crippen molar-refractivity contribution in [1.29, 1.82) is 0 Å². The van der Waals surface area contributed by atoms with Crippen LogP contribution in [0.3, 0.4) is 0 Å². The van der Waals surface area contributed by atoms with Crippen LogP contribution in [0.25, 0.3) is 0 Å². The zero-order chi connectivity index (χ0) is 13.7. The summed E-state index contributed by atoms with van der Waals surface area (Å²) in [4.78, 5) is 11.0. The monoisotopic (exact) mass is 268 g/mol. The van der Waals surface area contributed by atoms with Crippen LogP contribution in [0.15, 0.2) is 18.2 Å². The largest absolute Gasteiger partial charge is 0.366 e. The van der Waals surface area contributed by atoms with E-state index in [1.807, 2.05) is 19.9 Å². The number of hydrogen-bond donors (Lipinski definition) is 2. The number of rotatable bonds is 6. The molecule has 0 saturated carbocycles.